The zero-order valence-electron chi connectivity index (χ0n) is 9.78. The van der Waals surface area contributed by atoms with Crippen molar-refractivity contribution in [3.05, 3.63) is 34.9 Å². The van der Waals surface area contributed by atoms with Crippen molar-refractivity contribution in [2.24, 2.45) is 4.99 Å². The van der Waals surface area contributed by atoms with Gasteiger partial charge in [-0.15, -0.1) is 0 Å². The summed E-state index contributed by atoms with van der Waals surface area (Å²) in [6, 6.07) is 7.42. The van der Waals surface area contributed by atoms with Crippen LogP contribution in [0.2, 0.25) is 5.02 Å². The summed E-state index contributed by atoms with van der Waals surface area (Å²) < 4.78 is 0. The molecule has 2 N–H and O–H groups in total. The van der Waals surface area contributed by atoms with Gasteiger partial charge in [-0.2, -0.15) is 0 Å². The maximum atomic E-state index is 11.5. The Balaban J connectivity index is 1.70. The molecule has 1 heterocycles. The third-order valence-corrected chi connectivity index (χ3v) is 3.52. The Labute approximate surface area is 115 Å². The van der Waals surface area contributed by atoms with Crippen LogP contribution in [-0.4, -0.2) is 30.0 Å². The fourth-order valence-electron chi connectivity index (χ4n) is 1.56. The first kappa shape index (κ1) is 13.2. The normalized spacial score (nSPS) is 14.2. The lowest BCUT2D eigenvalue weighted by atomic mass is 10.1. The Morgan fingerprint density at radius 3 is 3.11 bits per heavy atom. The first-order valence-electron chi connectivity index (χ1n) is 5.70. The van der Waals surface area contributed by atoms with E-state index in [4.69, 9.17) is 11.6 Å². The number of urea groups is 1. The molecule has 96 valence electrons. The molecule has 0 bridgehead atoms. The molecule has 0 radical (unpaired) electrons. The largest absolute Gasteiger partial charge is 0.337 e. The van der Waals surface area contributed by atoms with Gasteiger partial charge in [0.05, 0.1) is 6.54 Å². The molecule has 0 saturated carbocycles. The molecule has 18 heavy (non-hydrogen) atoms. The molecule has 0 spiro atoms. The highest BCUT2D eigenvalue weighted by Gasteiger charge is 2.09. The van der Waals surface area contributed by atoms with E-state index in [1.165, 1.54) is 0 Å². The highest BCUT2D eigenvalue weighted by molar-refractivity contribution is 8.14. The summed E-state index contributed by atoms with van der Waals surface area (Å²) in [6.45, 7) is 1.35. The van der Waals surface area contributed by atoms with Crippen LogP contribution in [0, 0.1) is 0 Å². The van der Waals surface area contributed by atoms with Gasteiger partial charge >= 0.3 is 6.03 Å². The number of nitrogens with zero attached hydrogens (tertiary/aromatic N) is 1. The van der Waals surface area contributed by atoms with Crippen LogP contribution in [0.25, 0.3) is 0 Å². The van der Waals surface area contributed by atoms with Crippen molar-refractivity contribution in [3.63, 3.8) is 0 Å². The van der Waals surface area contributed by atoms with Crippen molar-refractivity contribution < 1.29 is 4.79 Å². The zero-order valence-corrected chi connectivity index (χ0v) is 11.4. The van der Waals surface area contributed by atoms with Crippen LogP contribution in [-0.2, 0) is 6.42 Å². The lowest BCUT2D eigenvalue weighted by Crippen LogP contribution is -2.38. The molecule has 0 unspecified atom stereocenters. The predicted octanol–water partition coefficient (Wildman–Crippen LogP) is 2.28. The van der Waals surface area contributed by atoms with Crippen molar-refractivity contribution in [1.29, 1.82) is 0 Å². The topological polar surface area (TPSA) is 53.5 Å². The van der Waals surface area contributed by atoms with Crippen molar-refractivity contribution in [1.82, 2.24) is 10.6 Å². The van der Waals surface area contributed by atoms with Crippen molar-refractivity contribution in [3.8, 4) is 0 Å². The number of thioether (sulfide) groups is 1. The first-order valence-corrected chi connectivity index (χ1v) is 7.07. The van der Waals surface area contributed by atoms with Gasteiger partial charge in [-0.1, -0.05) is 35.5 Å². The second-order valence-corrected chi connectivity index (χ2v) is 5.32. The van der Waals surface area contributed by atoms with E-state index in [0.29, 0.717) is 16.7 Å². The van der Waals surface area contributed by atoms with Crippen LogP contribution in [0.5, 0.6) is 0 Å². The fraction of sp³-hybridized carbons (Fsp3) is 0.333. The monoisotopic (exact) mass is 283 g/mol. The van der Waals surface area contributed by atoms with Crippen molar-refractivity contribution in [2.75, 3.05) is 18.8 Å². The first-order chi connectivity index (χ1) is 8.74. The van der Waals surface area contributed by atoms with Gasteiger partial charge in [0.25, 0.3) is 0 Å². The molecule has 1 aromatic rings. The summed E-state index contributed by atoms with van der Waals surface area (Å²) in [5.41, 5.74) is 1.11. The van der Waals surface area contributed by atoms with E-state index in [9.17, 15) is 4.79 Å². The fourth-order valence-corrected chi connectivity index (χ4v) is 2.50. The van der Waals surface area contributed by atoms with Gasteiger partial charge in [0.15, 0.2) is 5.17 Å². The molecule has 0 aliphatic carbocycles. The standard InChI is InChI=1S/C12H14ClN3OS/c13-10-3-1-2-9(8-10)4-5-14-11(17)16-12-15-6-7-18-12/h1-3,8H,4-7H2,(H2,14,15,16,17). The second kappa shape index (κ2) is 6.66. The average molecular weight is 284 g/mol. The van der Waals surface area contributed by atoms with E-state index < -0.39 is 0 Å². The minimum absolute atomic E-state index is 0.204. The van der Waals surface area contributed by atoms with Crippen molar-refractivity contribution >= 4 is 34.6 Å². The number of carbonyl (C=O) groups excluding carboxylic acids is 1. The molecule has 0 aromatic heterocycles. The van der Waals surface area contributed by atoms with E-state index >= 15 is 0 Å². The molecule has 6 heteroatoms. The van der Waals surface area contributed by atoms with E-state index in [0.717, 1.165) is 24.3 Å². The Kier molecular flexibility index (Phi) is 4.90. The Bertz CT molecular complexity index is 464. The summed E-state index contributed by atoms with van der Waals surface area (Å²) in [4.78, 5) is 15.7. The van der Waals surface area contributed by atoms with Crippen LogP contribution in [0.3, 0.4) is 0 Å². The van der Waals surface area contributed by atoms with Gasteiger partial charge in [0, 0.05) is 17.3 Å². The number of carbonyl (C=O) groups is 1. The summed E-state index contributed by atoms with van der Waals surface area (Å²) >= 11 is 7.44. The molecule has 2 amide bonds. The quantitative estimate of drug-likeness (QED) is 0.894. The molecule has 1 aromatic carbocycles. The summed E-state index contributed by atoms with van der Waals surface area (Å²) in [6.07, 6.45) is 0.758. The molecule has 1 aliphatic heterocycles. The van der Waals surface area contributed by atoms with Gasteiger partial charge in [-0.05, 0) is 24.1 Å². The molecular formula is C12H14ClN3OS. The van der Waals surface area contributed by atoms with Gasteiger partial charge in [-0.25, -0.2) is 4.79 Å². The van der Waals surface area contributed by atoms with Crippen LogP contribution in [0.1, 0.15) is 5.56 Å². The number of hydrogen-bond acceptors (Lipinski definition) is 3. The Morgan fingerprint density at radius 2 is 2.39 bits per heavy atom. The molecular weight excluding hydrogens is 270 g/mol. The third kappa shape index (κ3) is 4.23. The lowest BCUT2D eigenvalue weighted by molar-refractivity contribution is 0.245. The summed E-state index contributed by atoms with van der Waals surface area (Å²) in [5, 5.41) is 6.92. The van der Waals surface area contributed by atoms with E-state index in [1.54, 1.807) is 11.8 Å². The molecule has 0 atom stereocenters. The Morgan fingerprint density at radius 1 is 1.50 bits per heavy atom. The van der Waals surface area contributed by atoms with Gasteiger partial charge in [0.1, 0.15) is 0 Å². The number of amides is 2. The van der Waals surface area contributed by atoms with Gasteiger partial charge in [-0.3, -0.25) is 10.3 Å². The SMILES string of the molecule is O=C(NCCc1cccc(Cl)c1)NC1=NCCS1. The highest BCUT2D eigenvalue weighted by atomic mass is 35.5. The van der Waals surface area contributed by atoms with E-state index in [2.05, 4.69) is 15.6 Å². The number of benzene rings is 1. The number of amidine groups is 1. The second-order valence-electron chi connectivity index (χ2n) is 3.80. The number of rotatable bonds is 3. The molecule has 2 rings (SSSR count). The maximum Gasteiger partial charge on any atom is 0.320 e. The molecule has 0 saturated heterocycles. The smallest absolute Gasteiger partial charge is 0.320 e. The lowest BCUT2D eigenvalue weighted by Gasteiger charge is -2.07. The van der Waals surface area contributed by atoms with Crippen LogP contribution in [0.4, 0.5) is 4.79 Å². The molecule has 1 aliphatic rings. The van der Waals surface area contributed by atoms with E-state index in [1.807, 2.05) is 24.3 Å². The Hall–Kier alpha value is -1.20. The number of hydrogen-bond donors (Lipinski definition) is 2. The zero-order chi connectivity index (χ0) is 12.8. The van der Waals surface area contributed by atoms with E-state index in [-0.39, 0.29) is 6.03 Å². The average Bonchev–Trinajstić information content (AvgIpc) is 2.82. The van der Waals surface area contributed by atoms with Gasteiger partial charge in [0.2, 0.25) is 0 Å². The minimum atomic E-state index is -0.204. The summed E-state index contributed by atoms with van der Waals surface area (Å²) in [5.74, 6) is 0.943. The van der Waals surface area contributed by atoms with Crippen LogP contribution in [0.15, 0.2) is 29.3 Å². The maximum absolute atomic E-state index is 11.5. The van der Waals surface area contributed by atoms with Crippen LogP contribution >= 0.6 is 23.4 Å². The molecule has 4 nitrogen and oxygen atoms in total. The van der Waals surface area contributed by atoms with Gasteiger partial charge < -0.3 is 5.32 Å². The molecule has 0 fully saturated rings. The van der Waals surface area contributed by atoms with Crippen LogP contribution < -0.4 is 10.6 Å². The summed E-state index contributed by atoms with van der Waals surface area (Å²) in [7, 11) is 0. The number of aliphatic imine (C=N–C) groups is 1. The third-order valence-electron chi connectivity index (χ3n) is 2.39. The van der Waals surface area contributed by atoms with Crippen molar-refractivity contribution in [2.45, 2.75) is 6.42 Å². The minimum Gasteiger partial charge on any atom is -0.337 e. The number of halogens is 1. The predicted molar refractivity (Wildman–Crippen MR) is 76.5 cm³/mol. The number of nitrogens with one attached hydrogen (secondary N) is 2. The highest BCUT2D eigenvalue weighted by Crippen LogP contribution is 2.11.